The molecule has 0 heterocycles. The minimum atomic E-state index is 0.715. The Bertz CT molecular complexity index is 33.2. The molecular formula is C6H13Br. The molecule has 7 heavy (non-hydrogen) atoms. The fourth-order valence-electron chi connectivity index (χ4n) is 0.485. The Balaban J connectivity index is 2.68. The molecule has 0 radical (unpaired) electrons. The lowest BCUT2D eigenvalue weighted by molar-refractivity contribution is 0.719. The van der Waals surface area contributed by atoms with Crippen LogP contribution in [0.4, 0.5) is 0 Å². The number of alkyl halides is 1. The summed E-state index contributed by atoms with van der Waals surface area (Å²) < 4.78 is 0. The van der Waals surface area contributed by atoms with Gasteiger partial charge < -0.3 is 0 Å². The van der Waals surface area contributed by atoms with E-state index in [1.54, 1.807) is 0 Å². The molecule has 0 N–H and O–H groups in total. The summed E-state index contributed by atoms with van der Waals surface area (Å²) in [6, 6.07) is 0. The van der Waals surface area contributed by atoms with Crippen LogP contribution in [0.2, 0.25) is 0 Å². The summed E-state index contributed by atoms with van der Waals surface area (Å²) in [5.41, 5.74) is 0. The predicted octanol–water partition coefficient (Wildman–Crippen LogP) is 2.96. The third-order valence-electron chi connectivity index (χ3n) is 0.955. The molecule has 0 unspecified atom stereocenters. The highest BCUT2D eigenvalue weighted by atomic mass is 79.9. The van der Waals surface area contributed by atoms with Gasteiger partial charge in [-0.1, -0.05) is 42.6 Å². The van der Waals surface area contributed by atoms with E-state index in [0.717, 1.165) is 0 Å². The van der Waals surface area contributed by atoms with Gasteiger partial charge >= 0.3 is 0 Å². The van der Waals surface area contributed by atoms with E-state index in [0.29, 0.717) is 4.83 Å². The van der Waals surface area contributed by atoms with Crippen LogP contribution < -0.4 is 0 Å². The highest BCUT2D eigenvalue weighted by molar-refractivity contribution is 9.09. The number of unbranched alkanes of at least 4 members (excludes halogenated alkanes) is 1. The largest absolute Gasteiger partial charge is 0.0894 e. The van der Waals surface area contributed by atoms with E-state index in [2.05, 4.69) is 29.8 Å². The molecule has 1 heteroatoms. The van der Waals surface area contributed by atoms with Crippen molar-refractivity contribution in [3.05, 3.63) is 0 Å². The second-order valence-electron chi connectivity index (χ2n) is 1.92. The number of rotatable bonds is 3. The average Bonchev–Trinajstić information content (AvgIpc) is 1.61. The summed E-state index contributed by atoms with van der Waals surface area (Å²) in [6.45, 7) is 4.41. The van der Waals surface area contributed by atoms with Gasteiger partial charge in [0.25, 0.3) is 0 Å². The van der Waals surface area contributed by atoms with E-state index < -0.39 is 0 Å². The predicted molar refractivity (Wildman–Crippen MR) is 37.9 cm³/mol. The maximum Gasteiger partial charge on any atom is 0.0117 e. The van der Waals surface area contributed by atoms with Crippen LogP contribution in [0.1, 0.15) is 33.1 Å². The van der Waals surface area contributed by atoms with Crippen LogP contribution in [-0.4, -0.2) is 4.83 Å². The van der Waals surface area contributed by atoms with E-state index in [1.807, 2.05) is 0 Å². The third-order valence-corrected chi connectivity index (χ3v) is 1.41. The molecule has 0 bridgehead atoms. The van der Waals surface area contributed by atoms with Gasteiger partial charge in [0.05, 0.1) is 0 Å². The smallest absolute Gasteiger partial charge is 0.0117 e. The van der Waals surface area contributed by atoms with Crippen molar-refractivity contribution in [1.82, 2.24) is 0 Å². The van der Waals surface area contributed by atoms with Crippen LogP contribution in [-0.2, 0) is 0 Å². The molecule has 0 aromatic rings. The van der Waals surface area contributed by atoms with Gasteiger partial charge in [-0.25, -0.2) is 0 Å². The van der Waals surface area contributed by atoms with Crippen molar-refractivity contribution >= 4 is 15.9 Å². The molecular weight excluding hydrogens is 152 g/mol. The number of halogens is 1. The van der Waals surface area contributed by atoms with Gasteiger partial charge in [-0.3, -0.25) is 0 Å². The Kier molecular flexibility index (Phi) is 4.95. The van der Waals surface area contributed by atoms with Crippen molar-refractivity contribution in [2.75, 3.05) is 0 Å². The molecule has 0 nitrogen and oxygen atoms in total. The normalized spacial score (nSPS) is 14.1. The van der Waals surface area contributed by atoms with Crippen LogP contribution in [0.15, 0.2) is 0 Å². The second kappa shape index (κ2) is 4.63. The number of hydrogen-bond donors (Lipinski definition) is 0. The highest BCUT2D eigenvalue weighted by Gasteiger charge is 1.90. The van der Waals surface area contributed by atoms with Crippen molar-refractivity contribution in [2.24, 2.45) is 0 Å². The lowest BCUT2D eigenvalue weighted by Crippen LogP contribution is -1.86. The van der Waals surface area contributed by atoms with Crippen molar-refractivity contribution in [2.45, 2.75) is 37.9 Å². The fourth-order valence-corrected chi connectivity index (χ4v) is 0.809. The highest BCUT2D eigenvalue weighted by Crippen LogP contribution is 2.06. The molecule has 0 fully saturated rings. The Hall–Kier alpha value is 0.480. The van der Waals surface area contributed by atoms with Crippen LogP contribution in [0, 0.1) is 0 Å². The first-order chi connectivity index (χ1) is 3.27. The minimum Gasteiger partial charge on any atom is -0.0894 e. The molecule has 0 saturated heterocycles. The molecule has 0 aliphatic carbocycles. The molecule has 0 aromatic carbocycles. The van der Waals surface area contributed by atoms with E-state index >= 15 is 0 Å². The monoisotopic (exact) mass is 164 g/mol. The Morgan fingerprint density at radius 3 is 2.29 bits per heavy atom. The molecule has 0 saturated carbocycles. The summed E-state index contributed by atoms with van der Waals surface area (Å²) in [7, 11) is 0. The van der Waals surface area contributed by atoms with E-state index in [9.17, 15) is 0 Å². The Labute approximate surface area is 54.4 Å². The molecule has 1 atom stereocenters. The van der Waals surface area contributed by atoms with Crippen molar-refractivity contribution in [3.63, 3.8) is 0 Å². The van der Waals surface area contributed by atoms with E-state index in [1.165, 1.54) is 19.3 Å². The van der Waals surface area contributed by atoms with Crippen LogP contribution in [0.25, 0.3) is 0 Å². The first kappa shape index (κ1) is 7.48. The minimum absolute atomic E-state index is 0.715. The van der Waals surface area contributed by atoms with Crippen LogP contribution in [0.5, 0.6) is 0 Å². The van der Waals surface area contributed by atoms with Gasteiger partial charge in [0.2, 0.25) is 0 Å². The summed E-state index contributed by atoms with van der Waals surface area (Å²) in [5, 5.41) is 0. The Morgan fingerprint density at radius 1 is 1.57 bits per heavy atom. The molecule has 0 aliphatic rings. The van der Waals surface area contributed by atoms with Gasteiger partial charge in [0, 0.05) is 4.83 Å². The lowest BCUT2D eigenvalue weighted by Gasteiger charge is -1.96. The first-order valence-electron chi connectivity index (χ1n) is 2.91. The zero-order valence-electron chi connectivity index (χ0n) is 5.08. The molecule has 0 aromatic heterocycles. The molecule has 0 rings (SSSR count). The lowest BCUT2D eigenvalue weighted by atomic mass is 10.2. The van der Waals surface area contributed by atoms with Gasteiger partial charge in [-0.2, -0.15) is 0 Å². The first-order valence-corrected chi connectivity index (χ1v) is 3.83. The fraction of sp³-hybridized carbons (Fsp3) is 1.00. The van der Waals surface area contributed by atoms with Gasteiger partial charge in [-0.15, -0.1) is 0 Å². The van der Waals surface area contributed by atoms with Crippen molar-refractivity contribution in [1.29, 1.82) is 0 Å². The molecule has 0 aliphatic heterocycles. The van der Waals surface area contributed by atoms with Gasteiger partial charge in [-0.05, 0) is 6.42 Å². The van der Waals surface area contributed by atoms with Crippen molar-refractivity contribution < 1.29 is 0 Å². The zero-order chi connectivity index (χ0) is 5.70. The Morgan fingerprint density at radius 2 is 2.14 bits per heavy atom. The maximum absolute atomic E-state index is 3.48. The van der Waals surface area contributed by atoms with E-state index in [4.69, 9.17) is 0 Å². The van der Waals surface area contributed by atoms with Crippen LogP contribution >= 0.6 is 15.9 Å². The second-order valence-corrected chi connectivity index (χ2v) is 3.49. The standard InChI is InChI=1S/C6H13Br/c1-3-4-5-6(2)7/h6H,3-5H2,1-2H3/t6-/m0/s1. The summed E-state index contributed by atoms with van der Waals surface area (Å²) in [6.07, 6.45) is 3.98. The van der Waals surface area contributed by atoms with E-state index in [-0.39, 0.29) is 0 Å². The average molecular weight is 165 g/mol. The quantitative estimate of drug-likeness (QED) is 0.564. The third kappa shape index (κ3) is 6.48. The SMILES string of the molecule is CCCC[C@H](C)Br. The summed E-state index contributed by atoms with van der Waals surface area (Å²) in [4.78, 5) is 0.715. The summed E-state index contributed by atoms with van der Waals surface area (Å²) in [5.74, 6) is 0. The molecule has 0 spiro atoms. The van der Waals surface area contributed by atoms with Crippen LogP contribution in [0.3, 0.4) is 0 Å². The zero-order valence-corrected chi connectivity index (χ0v) is 6.66. The van der Waals surface area contributed by atoms with Crippen molar-refractivity contribution in [3.8, 4) is 0 Å². The summed E-state index contributed by atoms with van der Waals surface area (Å²) >= 11 is 3.48. The molecule has 44 valence electrons. The van der Waals surface area contributed by atoms with Gasteiger partial charge in [0.1, 0.15) is 0 Å². The molecule has 0 amide bonds. The number of hydrogen-bond acceptors (Lipinski definition) is 0. The topological polar surface area (TPSA) is 0 Å². The van der Waals surface area contributed by atoms with Gasteiger partial charge in [0.15, 0.2) is 0 Å². The maximum atomic E-state index is 3.48.